The highest BCUT2D eigenvalue weighted by Crippen LogP contribution is 2.29. The molecule has 0 amide bonds. The molecular weight excluding hydrogens is 334 g/mol. The minimum atomic E-state index is -3.74. The van der Waals surface area contributed by atoms with Crippen LogP contribution in [0.3, 0.4) is 0 Å². The van der Waals surface area contributed by atoms with Gasteiger partial charge in [0.15, 0.2) is 5.75 Å². The fourth-order valence-corrected chi connectivity index (χ4v) is 2.86. The number of nitrogens with one attached hydrogen (secondary N) is 2. The molecule has 1 atom stereocenters. The largest absolute Gasteiger partial charge is 0.490 e. The molecule has 8 nitrogen and oxygen atoms in total. The van der Waals surface area contributed by atoms with Crippen LogP contribution in [0.5, 0.6) is 5.75 Å². The minimum absolute atomic E-state index is 0. The van der Waals surface area contributed by atoms with E-state index >= 15 is 0 Å². The maximum absolute atomic E-state index is 12.1. The van der Waals surface area contributed by atoms with Gasteiger partial charge in [0, 0.05) is 24.7 Å². The Balaban J connectivity index is 0.00000441. The van der Waals surface area contributed by atoms with Gasteiger partial charge in [-0.3, -0.25) is 10.1 Å². The topological polar surface area (TPSA) is 111 Å². The zero-order chi connectivity index (χ0) is 16.0. The van der Waals surface area contributed by atoms with Crippen LogP contribution in [-0.4, -0.2) is 39.6 Å². The molecule has 0 radical (unpaired) electrons. The summed E-state index contributed by atoms with van der Waals surface area (Å²) in [5.74, 6) is -0.0948. The van der Waals surface area contributed by atoms with Gasteiger partial charge < -0.3 is 10.1 Å². The summed E-state index contributed by atoms with van der Waals surface area (Å²) in [6.07, 6.45) is 0. The van der Waals surface area contributed by atoms with E-state index in [1.165, 1.54) is 13.2 Å². The van der Waals surface area contributed by atoms with Crippen molar-refractivity contribution in [1.82, 2.24) is 10.0 Å². The molecule has 1 aromatic rings. The number of hydrogen-bond donors (Lipinski definition) is 2. The summed E-state index contributed by atoms with van der Waals surface area (Å²) < 4.78 is 31.6. The van der Waals surface area contributed by atoms with Crippen LogP contribution in [-0.2, 0) is 10.0 Å². The van der Waals surface area contributed by atoms with Gasteiger partial charge in [-0.2, -0.15) is 0 Å². The SMILES string of the molecule is CCN[C@H](C)CNS(=O)(=O)c1ccc([N+](=O)[O-])c(OC)c1.Cl. The molecule has 0 aliphatic rings. The second-order valence-electron chi connectivity index (χ2n) is 4.40. The van der Waals surface area contributed by atoms with Crippen LogP contribution in [0.2, 0.25) is 0 Å². The molecule has 0 aromatic heterocycles. The van der Waals surface area contributed by atoms with Crippen molar-refractivity contribution in [2.75, 3.05) is 20.2 Å². The van der Waals surface area contributed by atoms with Crippen molar-refractivity contribution in [2.45, 2.75) is 24.8 Å². The molecule has 0 spiro atoms. The molecule has 0 saturated carbocycles. The Labute approximate surface area is 135 Å². The molecule has 0 bridgehead atoms. The van der Waals surface area contributed by atoms with Crippen molar-refractivity contribution in [3.63, 3.8) is 0 Å². The average Bonchev–Trinajstić information content (AvgIpc) is 2.44. The molecule has 0 aliphatic heterocycles. The van der Waals surface area contributed by atoms with E-state index in [0.29, 0.717) is 0 Å². The number of nitro groups is 1. The van der Waals surface area contributed by atoms with E-state index in [2.05, 4.69) is 10.0 Å². The summed E-state index contributed by atoms with van der Waals surface area (Å²) in [4.78, 5) is 10.1. The highest BCUT2D eigenvalue weighted by molar-refractivity contribution is 7.89. The molecule has 0 unspecified atom stereocenters. The van der Waals surface area contributed by atoms with Gasteiger partial charge in [-0.25, -0.2) is 13.1 Å². The van der Waals surface area contributed by atoms with Crippen molar-refractivity contribution in [1.29, 1.82) is 0 Å². The fourth-order valence-electron chi connectivity index (χ4n) is 1.71. The lowest BCUT2D eigenvalue weighted by Gasteiger charge is -2.14. The number of halogens is 1. The van der Waals surface area contributed by atoms with Crippen LogP contribution in [0.1, 0.15) is 13.8 Å². The summed E-state index contributed by atoms with van der Waals surface area (Å²) in [6.45, 7) is 4.72. The molecular formula is C12H20ClN3O5S. The summed E-state index contributed by atoms with van der Waals surface area (Å²) >= 11 is 0. The summed E-state index contributed by atoms with van der Waals surface area (Å²) in [5, 5.41) is 13.9. The maximum Gasteiger partial charge on any atom is 0.310 e. The molecule has 0 heterocycles. The van der Waals surface area contributed by atoms with E-state index in [4.69, 9.17) is 4.74 Å². The van der Waals surface area contributed by atoms with Crippen molar-refractivity contribution in [3.8, 4) is 5.75 Å². The first-order valence-electron chi connectivity index (χ1n) is 6.37. The molecule has 10 heteroatoms. The number of methoxy groups -OCH3 is 1. The third-order valence-electron chi connectivity index (χ3n) is 2.79. The fraction of sp³-hybridized carbons (Fsp3) is 0.500. The van der Waals surface area contributed by atoms with Gasteiger partial charge in [0.05, 0.1) is 16.9 Å². The van der Waals surface area contributed by atoms with Crippen LogP contribution in [0.4, 0.5) is 5.69 Å². The average molecular weight is 354 g/mol. The highest BCUT2D eigenvalue weighted by atomic mass is 35.5. The normalized spacial score (nSPS) is 12.3. The molecule has 0 aliphatic carbocycles. The van der Waals surface area contributed by atoms with Crippen LogP contribution >= 0.6 is 12.4 Å². The number of benzene rings is 1. The maximum atomic E-state index is 12.1. The Morgan fingerprint density at radius 3 is 2.55 bits per heavy atom. The first kappa shape index (κ1) is 20.6. The van der Waals surface area contributed by atoms with Gasteiger partial charge >= 0.3 is 5.69 Å². The monoisotopic (exact) mass is 353 g/mol. The van der Waals surface area contributed by atoms with Gasteiger partial charge in [-0.1, -0.05) is 6.92 Å². The Morgan fingerprint density at radius 1 is 1.41 bits per heavy atom. The van der Waals surface area contributed by atoms with Gasteiger partial charge in [0.2, 0.25) is 10.0 Å². The Hall–Kier alpha value is -1.42. The van der Waals surface area contributed by atoms with E-state index < -0.39 is 14.9 Å². The van der Waals surface area contributed by atoms with E-state index in [-0.39, 0.29) is 41.3 Å². The molecule has 0 fully saturated rings. The van der Waals surface area contributed by atoms with Crippen LogP contribution < -0.4 is 14.8 Å². The number of likely N-dealkylation sites (N-methyl/N-ethyl adjacent to an activating group) is 1. The van der Waals surface area contributed by atoms with E-state index in [0.717, 1.165) is 18.7 Å². The summed E-state index contributed by atoms with van der Waals surface area (Å²) in [7, 11) is -2.49. The first-order chi connectivity index (χ1) is 9.81. The quantitative estimate of drug-likeness (QED) is 0.538. The minimum Gasteiger partial charge on any atom is -0.490 e. The summed E-state index contributed by atoms with van der Waals surface area (Å²) in [5.41, 5.74) is -0.280. The second kappa shape index (κ2) is 8.89. The number of nitrogens with zero attached hydrogens (tertiary/aromatic N) is 1. The standard InChI is InChI=1S/C12H19N3O5S.ClH/c1-4-13-9(2)8-14-21(18,19)10-5-6-11(15(16)17)12(7-10)20-3;/h5-7,9,13-14H,4,8H2,1-3H3;1H/t9-;/m1./s1. The van der Waals surface area contributed by atoms with Gasteiger partial charge in [-0.15, -0.1) is 12.4 Å². The molecule has 1 rings (SSSR count). The lowest BCUT2D eigenvalue weighted by Crippen LogP contribution is -2.38. The predicted octanol–water partition coefficient (Wildman–Crippen LogP) is 1.30. The molecule has 2 N–H and O–H groups in total. The van der Waals surface area contributed by atoms with Gasteiger partial charge in [-0.05, 0) is 19.5 Å². The highest BCUT2D eigenvalue weighted by Gasteiger charge is 2.21. The number of ether oxygens (including phenoxy) is 1. The Bertz CT molecular complexity index is 609. The van der Waals surface area contributed by atoms with Crippen LogP contribution in [0, 0.1) is 10.1 Å². The molecule has 126 valence electrons. The van der Waals surface area contributed by atoms with E-state index in [9.17, 15) is 18.5 Å². The lowest BCUT2D eigenvalue weighted by molar-refractivity contribution is -0.385. The van der Waals surface area contributed by atoms with Crippen molar-refractivity contribution in [2.24, 2.45) is 0 Å². The molecule has 0 saturated heterocycles. The zero-order valence-electron chi connectivity index (χ0n) is 12.5. The number of nitro benzene ring substituents is 1. The number of hydrogen-bond acceptors (Lipinski definition) is 6. The Morgan fingerprint density at radius 2 is 2.05 bits per heavy atom. The van der Waals surface area contributed by atoms with Crippen molar-refractivity contribution >= 4 is 28.1 Å². The van der Waals surface area contributed by atoms with Crippen molar-refractivity contribution in [3.05, 3.63) is 28.3 Å². The summed E-state index contributed by atoms with van der Waals surface area (Å²) in [6, 6.07) is 3.41. The third-order valence-corrected chi connectivity index (χ3v) is 4.21. The second-order valence-corrected chi connectivity index (χ2v) is 6.17. The van der Waals surface area contributed by atoms with E-state index in [1.54, 1.807) is 0 Å². The Kier molecular flexibility index (Phi) is 8.31. The lowest BCUT2D eigenvalue weighted by atomic mass is 10.3. The smallest absolute Gasteiger partial charge is 0.310 e. The van der Waals surface area contributed by atoms with Crippen LogP contribution in [0.25, 0.3) is 0 Å². The predicted molar refractivity (Wildman–Crippen MR) is 85.2 cm³/mol. The van der Waals surface area contributed by atoms with Crippen molar-refractivity contribution < 1.29 is 18.1 Å². The number of sulfonamides is 1. The first-order valence-corrected chi connectivity index (χ1v) is 7.85. The van der Waals surface area contributed by atoms with Gasteiger partial charge in [0.1, 0.15) is 0 Å². The zero-order valence-corrected chi connectivity index (χ0v) is 14.2. The number of rotatable bonds is 8. The molecule has 1 aromatic carbocycles. The third kappa shape index (κ3) is 5.41. The van der Waals surface area contributed by atoms with E-state index in [1.807, 2.05) is 13.8 Å². The molecule has 22 heavy (non-hydrogen) atoms. The van der Waals surface area contributed by atoms with Crippen LogP contribution in [0.15, 0.2) is 23.1 Å². The van der Waals surface area contributed by atoms with Gasteiger partial charge in [0.25, 0.3) is 0 Å².